The molecule has 3 rings (SSSR count). The average Bonchev–Trinajstić information content (AvgIpc) is 2.87. The number of amides is 1. The highest BCUT2D eigenvalue weighted by atomic mass is 35.5. The monoisotopic (exact) mass is 510 g/mol. The molecule has 7 nitrogen and oxygen atoms in total. The van der Waals surface area contributed by atoms with Gasteiger partial charge in [0.15, 0.2) is 0 Å². The molecule has 1 saturated heterocycles. The van der Waals surface area contributed by atoms with E-state index in [9.17, 15) is 4.79 Å². The van der Waals surface area contributed by atoms with E-state index in [-0.39, 0.29) is 28.0 Å². The quantitative estimate of drug-likeness (QED) is 0.451. The molecule has 9 heteroatoms. The standard InChI is InChI=1S/C26H31ClN6OS/c1-3-7-24(22-8-5-6-11-30-22)35-19(4-2)17-33-12-9-18(10-13-33)16-31-26(34)23-14-21(29)20(15-28)25(27)32-23/h4-8,11,14,18H,3,9-10,12-13,16-17H2,1-2H3,(H2,29,32)(H,31,34). The summed E-state index contributed by atoms with van der Waals surface area (Å²) in [5.74, 6) is 0.0649. The first-order valence-corrected chi connectivity index (χ1v) is 13.0. The van der Waals surface area contributed by atoms with Crippen LogP contribution in [0.15, 0.2) is 47.5 Å². The minimum absolute atomic E-state index is 0.0522. The lowest BCUT2D eigenvalue weighted by Crippen LogP contribution is -2.39. The van der Waals surface area contributed by atoms with Gasteiger partial charge in [0.1, 0.15) is 22.5 Å². The van der Waals surface area contributed by atoms with Crippen molar-refractivity contribution in [2.75, 3.05) is 31.9 Å². The number of pyridine rings is 2. The van der Waals surface area contributed by atoms with Crippen LogP contribution in [-0.2, 0) is 0 Å². The van der Waals surface area contributed by atoms with Crippen molar-refractivity contribution in [3.05, 3.63) is 69.6 Å². The number of carbonyl (C=O) groups excluding carboxylic acids is 1. The number of halogens is 1. The normalized spacial score (nSPS) is 15.6. The van der Waals surface area contributed by atoms with Gasteiger partial charge in [-0.2, -0.15) is 5.26 Å². The van der Waals surface area contributed by atoms with Crippen LogP contribution in [0, 0.1) is 17.2 Å². The Kier molecular flexibility index (Phi) is 10.2. The number of carbonyl (C=O) groups is 1. The molecule has 0 saturated carbocycles. The first kappa shape index (κ1) is 26.7. The third kappa shape index (κ3) is 7.56. The van der Waals surface area contributed by atoms with E-state index < -0.39 is 0 Å². The molecular formula is C26H31ClN6OS. The minimum Gasteiger partial charge on any atom is -0.397 e. The van der Waals surface area contributed by atoms with Gasteiger partial charge >= 0.3 is 0 Å². The Hall–Kier alpha value is -2.86. The number of nitrogens with zero attached hydrogens (tertiary/aromatic N) is 4. The molecule has 3 N–H and O–H groups in total. The molecule has 2 aromatic rings. The first-order valence-electron chi connectivity index (χ1n) is 11.8. The van der Waals surface area contributed by atoms with Gasteiger partial charge in [-0.3, -0.25) is 14.7 Å². The zero-order valence-corrected chi connectivity index (χ0v) is 21.7. The predicted molar refractivity (Wildman–Crippen MR) is 144 cm³/mol. The van der Waals surface area contributed by atoms with Gasteiger partial charge in [0.05, 0.1) is 11.4 Å². The zero-order chi connectivity index (χ0) is 25.2. The molecule has 35 heavy (non-hydrogen) atoms. The molecule has 1 aliphatic rings. The maximum atomic E-state index is 12.5. The summed E-state index contributed by atoms with van der Waals surface area (Å²) in [4.78, 5) is 26.0. The molecule has 0 spiro atoms. The van der Waals surface area contributed by atoms with Crippen molar-refractivity contribution in [2.24, 2.45) is 5.92 Å². The Morgan fingerprint density at radius 3 is 2.74 bits per heavy atom. The number of allylic oxidation sites excluding steroid dienone is 2. The van der Waals surface area contributed by atoms with Crippen molar-refractivity contribution in [1.82, 2.24) is 20.2 Å². The van der Waals surface area contributed by atoms with E-state index in [4.69, 9.17) is 22.6 Å². The second kappa shape index (κ2) is 13.3. The molecule has 184 valence electrons. The molecule has 2 aromatic heterocycles. The van der Waals surface area contributed by atoms with Crippen LogP contribution in [0.5, 0.6) is 0 Å². The van der Waals surface area contributed by atoms with Gasteiger partial charge in [-0.1, -0.05) is 48.5 Å². The van der Waals surface area contributed by atoms with Crippen molar-refractivity contribution in [1.29, 1.82) is 5.26 Å². The van der Waals surface area contributed by atoms with Crippen molar-refractivity contribution >= 4 is 39.9 Å². The summed E-state index contributed by atoms with van der Waals surface area (Å²) in [6, 6.07) is 9.30. The molecule has 0 bridgehead atoms. The second-order valence-corrected chi connectivity index (χ2v) is 9.88. The van der Waals surface area contributed by atoms with Gasteiger partial charge in [0, 0.05) is 24.2 Å². The van der Waals surface area contributed by atoms with E-state index in [2.05, 4.69) is 52.3 Å². The molecule has 0 aromatic carbocycles. The molecule has 1 amide bonds. The molecule has 0 radical (unpaired) electrons. The average molecular weight is 511 g/mol. The van der Waals surface area contributed by atoms with E-state index in [1.165, 1.54) is 15.9 Å². The molecule has 3 heterocycles. The lowest BCUT2D eigenvalue weighted by atomic mass is 9.96. The number of nitrogens with two attached hydrogens (primary N) is 1. The Bertz CT molecular complexity index is 1100. The van der Waals surface area contributed by atoms with E-state index in [1.807, 2.05) is 24.4 Å². The van der Waals surface area contributed by atoms with Crippen LogP contribution in [0.3, 0.4) is 0 Å². The summed E-state index contributed by atoms with van der Waals surface area (Å²) in [5, 5.41) is 11.9. The number of aromatic nitrogens is 2. The Morgan fingerprint density at radius 2 is 2.14 bits per heavy atom. The van der Waals surface area contributed by atoms with Crippen LogP contribution in [0.1, 0.15) is 54.9 Å². The lowest BCUT2D eigenvalue weighted by molar-refractivity contribution is 0.0932. The van der Waals surface area contributed by atoms with E-state index in [0.717, 1.165) is 44.6 Å². The predicted octanol–water partition coefficient (Wildman–Crippen LogP) is 5.11. The molecular weight excluding hydrogens is 480 g/mol. The van der Waals surface area contributed by atoms with Crippen molar-refractivity contribution in [3.63, 3.8) is 0 Å². The van der Waals surface area contributed by atoms with Crippen LogP contribution in [0.25, 0.3) is 4.91 Å². The highest BCUT2D eigenvalue weighted by molar-refractivity contribution is 8.11. The van der Waals surface area contributed by atoms with Crippen LogP contribution in [-0.4, -0.2) is 47.0 Å². The number of rotatable bonds is 9. The number of nitrogen functional groups attached to an aromatic ring is 1. The molecule has 0 unspecified atom stereocenters. The zero-order valence-electron chi connectivity index (χ0n) is 20.1. The maximum Gasteiger partial charge on any atom is 0.270 e. The fourth-order valence-corrected chi connectivity index (χ4v) is 5.24. The van der Waals surface area contributed by atoms with Gasteiger partial charge in [-0.05, 0) is 68.3 Å². The summed E-state index contributed by atoms with van der Waals surface area (Å²) < 4.78 is 0. The summed E-state index contributed by atoms with van der Waals surface area (Å²) in [5.41, 5.74) is 7.19. The van der Waals surface area contributed by atoms with Gasteiger partial charge in [0.25, 0.3) is 5.91 Å². The number of hydrogen-bond acceptors (Lipinski definition) is 7. The largest absolute Gasteiger partial charge is 0.397 e. The number of hydrogen-bond donors (Lipinski definition) is 2. The van der Waals surface area contributed by atoms with Crippen LogP contribution < -0.4 is 11.1 Å². The van der Waals surface area contributed by atoms with Crippen LogP contribution in [0.2, 0.25) is 5.15 Å². The molecule has 0 atom stereocenters. The Morgan fingerprint density at radius 1 is 1.37 bits per heavy atom. The summed E-state index contributed by atoms with van der Waals surface area (Å²) in [7, 11) is 0. The Labute approximate surface area is 216 Å². The first-order chi connectivity index (χ1) is 16.9. The second-order valence-electron chi connectivity index (χ2n) is 8.35. The fourth-order valence-electron chi connectivity index (χ4n) is 3.87. The lowest BCUT2D eigenvalue weighted by Gasteiger charge is -2.32. The number of likely N-dealkylation sites (tertiary alicyclic amines) is 1. The Balaban J connectivity index is 1.48. The fraction of sp³-hybridized carbons (Fsp3) is 0.385. The van der Waals surface area contributed by atoms with Crippen LogP contribution in [0.4, 0.5) is 5.69 Å². The summed E-state index contributed by atoms with van der Waals surface area (Å²) in [6.45, 7) is 7.65. The van der Waals surface area contributed by atoms with Crippen molar-refractivity contribution in [2.45, 2.75) is 33.1 Å². The number of nitrogens with one attached hydrogen (secondary N) is 1. The molecule has 1 aliphatic heterocycles. The number of anilines is 1. The van der Waals surface area contributed by atoms with Gasteiger partial charge in [0.2, 0.25) is 0 Å². The molecule has 1 fully saturated rings. The van der Waals surface area contributed by atoms with E-state index in [1.54, 1.807) is 11.8 Å². The van der Waals surface area contributed by atoms with Gasteiger partial charge in [-0.25, -0.2) is 4.98 Å². The number of thioether (sulfide) groups is 1. The SMILES string of the molecule is CC=C(CN1CCC(CNC(=O)c2cc(N)c(C#N)c(Cl)n2)CC1)SC(=CCC)c1ccccn1. The summed E-state index contributed by atoms with van der Waals surface area (Å²) >= 11 is 7.76. The van der Waals surface area contributed by atoms with E-state index in [0.29, 0.717) is 12.5 Å². The molecule has 0 aliphatic carbocycles. The highest BCUT2D eigenvalue weighted by Crippen LogP contribution is 2.34. The number of nitriles is 1. The topological polar surface area (TPSA) is 108 Å². The van der Waals surface area contributed by atoms with Crippen molar-refractivity contribution in [3.8, 4) is 6.07 Å². The van der Waals surface area contributed by atoms with E-state index >= 15 is 0 Å². The third-order valence-corrected chi connectivity index (χ3v) is 7.35. The minimum atomic E-state index is -0.331. The van der Waals surface area contributed by atoms with Gasteiger partial charge in [-0.15, -0.1) is 0 Å². The smallest absolute Gasteiger partial charge is 0.270 e. The third-order valence-electron chi connectivity index (χ3n) is 5.86. The van der Waals surface area contributed by atoms with Crippen LogP contribution >= 0.6 is 23.4 Å². The number of piperidine rings is 1. The highest BCUT2D eigenvalue weighted by Gasteiger charge is 2.22. The maximum absolute atomic E-state index is 12.5. The van der Waals surface area contributed by atoms with Gasteiger partial charge < -0.3 is 11.1 Å². The van der Waals surface area contributed by atoms with Crippen molar-refractivity contribution < 1.29 is 4.79 Å². The summed E-state index contributed by atoms with van der Waals surface area (Å²) in [6.07, 6.45) is 9.22.